The van der Waals surface area contributed by atoms with E-state index in [0.717, 1.165) is 5.56 Å². The number of amides is 1. The van der Waals surface area contributed by atoms with Gasteiger partial charge in [-0.3, -0.25) is 14.6 Å². The topological polar surface area (TPSA) is 96.5 Å². The Kier molecular flexibility index (Phi) is 4.59. The standard InChI is InChI=1S/C11H15N3O3/c1-14(7-8-2-4-13-5-3-8)11(17)9(12)6-10(15)16/h2-5,9H,6-7,12H2,1H3,(H,15,16). The van der Waals surface area contributed by atoms with E-state index < -0.39 is 12.0 Å². The van der Waals surface area contributed by atoms with Crippen LogP contribution in [0.1, 0.15) is 12.0 Å². The molecule has 1 aromatic rings. The number of nitrogens with two attached hydrogens (primary N) is 1. The lowest BCUT2D eigenvalue weighted by molar-refractivity contribution is -0.141. The van der Waals surface area contributed by atoms with E-state index >= 15 is 0 Å². The second-order valence-electron chi connectivity index (χ2n) is 3.75. The molecule has 0 saturated heterocycles. The van der Waals surface area contributed by atoms with E-state index in [1.165, 1.54) is 4.90 Å². The van der Waals surface area contributed by atoms with Crippen molar-refractivity contribution in [2.75, 3.05) is 7.05 Å². The van der Waals surface area contributed by atoms with Crippen molar-refractivity contribution in [3.05, 3.63) is 30.1 Å². The van der Waals surface area contributed by atoms with E-state index in [1.54, 1.807) is 31.6 Å². The predicted molar refractivity (Wildman–Crippen MR) is 60.9 cm³/mol. The van der Waals surface area contributed by atoms with E-state index in [9.17, 15) is 9.59 Å². The zero-order valence-corrected chi connectivity index (χ0v) is 9.54. The van der Waals surface area contributed by atoms with Crippen LogP contribution in [0.15, 0.2) is 24.5 Å². The second-order valence-corrected chi connectivity index (χ2v) is 3.75. The van der Waals surface area contributed by atoms with E-state index in [1.807, 2.05) is 0 Å². The Hall–Kier alpha value is -1.95. The van der Waals surface area contributed by atoms with Gasteiger partial charge in [-0.2, -0.15) is 0 Å². The number of nitrogens with zero attached hydrogens (tertiary/aromatic N) is 2. The summed E-state index contributed by atoms with van der Waals surface area (Å²) in [7, 11) is 1.59. The number of rotatable bonds is 5. The van der Waals surface area contributed by atoms with Gasteiger partial charge in [0.05, 0.1) is 12.5 Å². The van der Waals surface area contributed by atoms with Crippen LogP contribution < -0.4 is 5.73 Å². The number of aliphatic carboxylic acids is 1. The fourth-order valence-electron chi connectivity index (χ4n) is 1.40. The maximum Gasteiger partial charge on any atom is 0.305 e. The summed E-state index contributed by atoms with van der Waals surface area (Å²) < 4.78 is 0. The van der Waals surface area contributed by atoms with Crippen molar-refractivity contribution in [1.82, 2.24) is 9.88 Å². The molecule has 0 fully saturated rings. The van der Waals surface area contributed by atoms with Crippen LogP contribution >= 0.6 is 0 Å². The minimum absolute atomic E-state index is 0.362. The molecule has 0 aromatic carbocycles. The summed E-state index contributed by atoms with van der Waals surface area (Å²) in [4.78, 5) is 27.4. The van der Waals surface area contributed by atoms with Crippen molar-refractivity contribution in [1.29, 1.82) is 0 Å². The average Bonchev–Trinajstić information content (AvgIpc) is 2.28. The molecule has 0 aliphatic heterocycles. The van der Waals surface area contributed by atoms with Crippen LogP contribution in [0.3, 0.4) is 0 Å². The molecule has 1 amide bonds. The van der Waals surface area contributed by atoms with E-state index in [2.05, 4.69) is 4.98 Å². The van der Waals surface area contributed by atoms with Gasteiger partial charge in [0, 0.05) is 26.0 Å². The lowest BCUT2D eigenvalue weighted by atomic mass is 10.2. The molecule has 0 aliphatic carbocycles. The van der Waals surface area contributed by atoms with Gasteiger partial charge in [-0.05, 0) is 17.7 Å². The highest BCUT2D eigenvalue weighted by Crippen LogP contribution is 2.03. The third kappa shape index (κ3) is 4.20. The van der Waals surface area contributed by atoms with Gasteiger partial charge in [0.1, 0.15) is 0 Å². The molecule has 3 N–H and O–H groups in total. The molecule has 1 atom stereocenters. The summed E-state index contributed by atoms with van der Waals surface area (Å²) in [6.45, 7) is 0.384. The fourth-order valence-corrected chi connectivity index (χ4v) is 1.40. The second kappa shape index (κ2) is 5.95. The number of carboxylic acids is 1. The van der Waals surface area contributed by atoms with Crippen LogP contribution in [-0.2, 0) is 16.1 Å². The Morgan fingerprint density at radius 3 is 2.59 bits per heavy atom. The van der Waals surface area contributed by atoms with Gasteiger partial charge < -0.3 is 15.7 Å². The lowest BCUT2D eigenvalue weighted by Gasteiger charge is -2.20. The number of pyridine rings is 1. The largest absolute Gasteiger partial charge is 0.481 e. The Balaban J connectivity index is 2.55. The van der Waals surface area contributed by atoms with Crippen molar-refractivity contribution in [2.45, 2.75) is 19.0 Å². The smallest absolute Gasteiger partial charge is 0.305 e. The molecular weight excluding hydrogens is 222 g/mol. The Labute approximate surface area is 99.1 Å². The predicted octanol–water partition coefficient (Wildman–Crippen LogP) is -0.158. The minimum atomic E-state index is -1.08. The number of carbonyl (C=O) groups excluding carboxylic acids is 1. The number of carboxylic acid groups (broad SMARTS) is 1. The van der Waals surface area contributed by atoms with Gasteiger partial charge in [0.2, 0.25) is 5.91 Å². The van der Waals surface area contributed by atoms with Crippen LogP contribution in [0.2, 0.25) is 0 Å². The molecule has 6 heteroatoms. The van der Waals surface area contributed by atoms with Crippen molar-refractivity contribution < 1.29 is 14.7 Å². The first-order valence-electron chi connectivity index (χ1n) is 5.12. The van der Waals surface area contributed by atoms with E-state index in [0.29, 0.717) is 6.54 Å². The third-order valence-corrected chi connectivity index (χ3v) is 2.26. The SMILES string of the molecule is CN(Cc1ccncc1)C(=O)C(N)CC(=O)O. The van der Waals surface area contributed by atoms with Gasteiger partial charge in [-0.1, -0.05) is 0 Å². The first-order valence-corrected chi connectivity index (χ1v) is 5.12. The number of carbonyl (C=O) groups is 2. The highest BCUT2D eigenvalue weighted by Gasteiger charge is 2.20. The fraction of sp³-hybridized carbons (Fsp3) is 0.364. The molecule has 0 radical (unpaired) electrons. The number of hydrogen-bond donors (Lipinski definition) is 2. The molecule has 0 bridgehead atoms. The van der Waals surface area contributed by atoms with Gasteiger partial charge in [0.25, 0.3) is 0 Å². The Morgan fingerprint density at radius 2 is 2.06 bits per heavy atom. The molecular formula is C11H15N3O3. The molecule has 0 saturated carbocycles. The van der Waals surface area contributed by atoms with Crippen LogP contribution in [-0.4, -0.2) is 40.0 Å². The quantitative estimate of drug-likeness (QED) is 0.741. The molecule has 0 spiro atoms. The molecule has 1 rings (SSSR count). The zero-order chi connectivity index (χ0) is 12.8. The minimum Gasteiger partial charge on any atom is -0.481 e. The van der Waals surface area contributed by atoms with Gasteiger partial charge >= 0.3 is 5.97 Å². The first-order chi connectivity index (χ1) is 8.00. The Morgan fingerprint density at radius 1 is 1.47 bits per heavy atom. The summed E-state index contributed by atoms with van der Waals surface area (Å²) in [5, 5.41) is 8.55. The molecule has 6 nitrogen and oxygen atoms in total. The van der Waals surface area contributed by atoms with Crippen molar-refractivity contribution in [3.63, 3.8) is 0 Å². The first kappa shape index (κ1) is 13.1. The van der Waals surface area contributed by atoms with Gasteiger partial charge in [-0.15, -0.1) is 0 Å². The molecule has 92 valence electrons. The van der Waals surface area contributed by atoms with Crippen molar-refractivity contribution >= 4 is 11.9 Å². The summed E-state index contributed by atoms with van der Waals surface area (Å²) in [6, 6.07) is 2.57. The zero-order valence-electron chi connectivity index (χ0n) is 9.54. The molecule has 0 aliphatic rings. The highest BCUT2D eigenvalue weighted by atomic mass is 16.4. The van der Waals surface area contributed by atoms with Crippen LogP contribution in [0.25, 0.3) is 0 Å². The number of aromatic nitrogens is 1. The highest BCUT2D eigenvalue weighted by molar-refractivity contribution is 5.85. The third-order valence-electron chi connectivity index (χ3n) is 2.26. The van der Waals surface area contributed by atoms with Crippen molar-refractivity contribution in [2.24, 2.45) is 5.73 Å². The van der Waals surface area contributed by atoms with E-state index in [-0.39, 0.29) is 12.3 Å². The summed E-state index contributed by atoms with van der Waals surface area (Å²) in [6.07, 6.45) is 2.90. The summed E-state index contributed by atoms with van der Waals surface area (Å²) in [5.41, 5.74) is 6.40. The Bertz CT molecular complexity index is 394. The number of hydrogen-bond acceptors (Lipinski definition) is 4. The average molecular weight is 237 g/mol. The maximum atomic E-state index is 11.7. The van der Waals surface area contributed by atoms with Crippen LogP contribution in [0.4, 0.5) is 0 Å². The molecule has 17 heavy (non-hydrogen) atoms. The van der Waals surface area contributed by atoms with Crippen LogP contribution in [0, 0.1) is 0 Å². The molecule has 1 heterocycles. The van der Waals surface area contributed by atoms with Gasteiger partial charge in [-0.25, -0.2) is 0 Å². The number of likely N-dealkylation sites (N-methyl/N-ethyl adjacent to an activating group) is 1. The normalized spacial score (nSPS) is 11.9. The summed E-state index contributed by atoms with van der Waals surface area (Å²) >= 11 is 0. The molecule has 1 unspecified atom stereocenters. The van der Waals surface area contributed by atoms with E-state index in [4.69, 9.17) is 10.8 Å². The van der Waals surface area contributed by atoms with Crippen LogP contribution in [0.5, 0.6) is 0 Å². The lowest BCUT2D eigenvalue weighted by Crippen LogP contribution is -2.42. The maximum absolute atomic E-state index is 11.7. The monoisotopic (exact) mass is 237 g/mol. The molecule has 1 aromatic heterocycles. The van der Waals surface area contributed by atoms with Gasteiger partial charge in [0.15, 0.2) is 0 Å². The van der Waals surface area contributed by atoms with Crippen molar-refractivity contribution in [3.8, 4) is 0 Å². The summed E-state index contributed by atoms with van der Waals surface area (Å²) in [5.74, 6) is -1.47.